The van der Waals surface area contributed by atoms with E-state index in [2.05, 4.69) is 15.3 Å². The Hall–Kier alpha value is -2.30. The molecule has 0 radical (unpaired) electrons. The smallest absolute Gasteiger partial charge is 0.171 e. The van der Waals surface area contributed by atoms with E-state index in [0.29, 0.717) is 17.3 Å². The standard InChI is InChI=1S/C15H19N3O2/c1-9-10(2)17-15(18-14(9)16-3)11-7-6-8-12(19-4)13(11)20-5/h6-8H,1-5H3,(H,16,17,18). The number of para-hydroxylation sites is 1. The lowest BCUT2D eigenvalue weighted by molar-refractivity contribution is 0.356. The van der Waals surface area contributed by atoms with Gasteiger partial charge in [-0.2, -0.15) is 0 Å². The van der Waals surface area contributed by atoms with Crippen molar-refractivity contribution in [3.8, 4) is 22.9 Å². The van der Waals surface area contributed by atoms with Gasteiger partial charge in [-0.25, -0.2) is 9.97 Å². The highest BCUT2D eigenvalue weighted by Gasteiger charge is 2.15. The minimum absolute atomic E-state index is 0.619. The first kappa shape index (κ1) is 14.1. The molecule has 0 spiro atoms. The van der Waals surface area contributed by atoms with Crippen molar-refractivity contribution in [3.63, 3.8) is 0 Å². The summed E-state index contributed by atoms with van der Waals surface area (Å²) in [5.41, 5.74) is 2.79. The summed E-state index contributed by atoms with van der Waals surface area (Å²) in [7, 11) is 5.07. The van der Waals surface area contributed by atoms with E-state index in [0.717, 1.165) is 22.6 Å². The Bertz CT molecular complexity index is 627. The molecule has 2 aromatic rings. The first-order valence-corrected chi connectivity index (χ1v) is 6.36. The molecule has 20 heavy (non-hydrogen) atoms. The molecule has 0 amide bonds. The third-order valence-corrected chi connectivity index (χ3v) is 3.27. The molecule has 0 aliphatic rings. The largest absolute Gasteiger partial charge is 0.493 e. The van der Waals surface area contributed by atoms with Crippen molar-refractivity contribution in [3.05, 3.63) is 29.5 Å². The zero-order valence-corrected chi connectivity index (χ0v) is 12.4. The van der Waals surface area contributed by atoms with Gasteiger partial charge in [-0.1, -0.05) is 6.07 Å². The van der Waals surface area contributed by atoms with Gasteiger partial charge in [-0.3, -0.25) is 0 Å². The molecule has 2 rings (SSSR count). The van der Waals surface area contributed by atoms with Crippen LogP contribution in [0.25, 0.3) is 11.4 Å². The highest BCUT2D eigenvalue weighted by molar-refractivity contribution is 5.70. The number of aryl methyl sites for hydroxylation is 1. The lowest BCUT2D eigenvalue weighted by Gasteiger charge is -2.14. The summed E-state index contributed by atoms with van der Waals surface area (Å²) in [4.78, 5) is 9.10. The molecule has 1 aromatic carbocycles. The maximum Gasteiger partial charge on any atom is 0.171 e. The molecule has 0 atom stereocenters. The van der Waals surface area contributed by atoms with Gasteiger partial charge in [0.15, 0.2) is 17.3 Å². The van der Waals surface area contributed by atoms with Crippen LogP contribution >= 0.6 is 0 Å². The number of rotatable bonds is 4. The third kappa shape index (κ3) is 2.39. The van der Waals surface area contributed by atoms with Gasteiger partial charge in [-0.15, -0.1) is 0 Å². The molecule has 5 heteroatoms. The predicted molar refractivity (Wildman–Crippen MR) is 79.6 cm³/mol. The number of hydrogen-bond acceptors (Lipinski definition) is 5. The van der Waals surface area contributed by atoms with Crippen molar-refractivity contribution in [2.75, 3.05) is 26.6 Å². The van der Waals surface area contributed by atoms with E-state index in [-0.39, 0.29) is 0 Å². The molecule has 1 heterocycles. The molecule has 0 unspecified atom stereocenters. The van der Waals surface area contributed by atoms with Crippen LogP contribution in [0.5, 0.6) is 11.5 Å². The summed E-state index contributed by atoms with van der Waals surface area (Å²) in [5.74, 6) is 2.74. The van der Waals surface area contributed by atoms with Crippen LogP contribution in [0.15, 0.2) is 18.2 Å². The molecule has 0 saturated carbocycles. The molecule has 0 bridgehead atoms. The number of nitrogens with zero attached hydrogens (tertiary/aromatic N) is 2. The Morgan fingerprint density at radius 3 is 2.40 bits per heavy atom. The van der Waals surface area contributed by atoms with Crippen LogP contribution in [0, 0.1) is 13.8 Å². The van der Waals surface area contributed by atoms with Gasteiger partial charge in [-0.05, 0) is 26.0 Å². The third-order valence-electron chi connectivity index (χ3n) is 3.27. The van der Waals surface area contributed by atoms with Crippen molar-refractivity contribution >= 4 is 5.82 Å². The van der Waals surface area contributed by atoms with E-state index in [1.165, 1.54) is 0 Å². The maximum absolute atomic E-state index is 5.44. The molecule has 5 nitrogen and oxygen atoms in total. The normalized spacial score (nSPS) is 10.2. The number of hydrogen-bond donors (Lipinski definition) is 1. The summed E-state index contributed by atoms with van der Waals surface area (Å²) >= 11 is 0. The van der Waals surface area contributed by atoms with E-state index in [1.54, 1.807) is 14.2 Å². The number of anilines is 1. The topological polar surface area (TPSA) is 56.3 Å². The highest BCUT2D eigenvalue weighted by Crippen LogP contribution is 2.36. The van der Waals surface area contributed by atoms with Crippen molar-refractivity contribution in [1.82, 2.24) is 9.97 Å². The van der Waals surface area contributed by atoms with E-state index >= 15 is 0 Å². The molecule has 1 aromatic heterocycles. The zero-order valence-electron chi connectivity index (χ0n) is 12.4. The van der Waals surface area contributed by atoms with Crippen LogP contribution in [0.4, 0.5) is 5.82 Å². The minimum Gasteiger partial charge on any atom is -0.493 e. The summed E-state index contributed by atoms with van der Waals surface area (Å²) in [6, 6.07) is 5.67. The molecule has 1 N–H and O–H groups in total. The molecule has 0 fully saturated rings. The second-order valence-electron chi connectivity index (χ2n) is 4.40. The van der Waals surface area contributed by atoms with Crippen LogP contribution in [0.3, 0.4) is 0 Å². The summed E-state index contributed by atoms with van der Waals surface area (Å²) in [6.07, 6.45) is 0. The average Bonchev–Trinajstić information content (AvgIpc) is 2.48. The first-order valence-electron chi connectivity index (χ1n) is 6.36. The van der Waals surface area contributed by atoms with Crippen LogP contribution in [-0.2, 0) is 0 Å². The van der Waals surface area contributed by atoms with E-state index < -0.39 is 0 Å². The van der Waals surface area contributed by atoms with Crippen molar-refractivity contribution < 1.29 is 9.47 Å². The average molecular weight is 273 g/mol. The van der Waals surface area contributed by atoms with Gasteiger partial charge < -0.3 is 14.8 Å². The lowest BCUT2D eigenvalue weighted by atomic mass is 10.1. The van der Waals surface area contributed by atoms with Crippen molar-refractivity contribution in [2.24, 2.45) is 0 Å². The van der Waals surface area contributed by atoms with Gasteiger partial charge in [0.05, 0.1) is 19.8 Å². The maximum atomic E-state index is 5.44. The lowest BCUT2D eigenvalue weighted by Crippen LogP contribution is -2.03. The highest BCUT2D eigenvalue weighted by atomic mass is 16.5. The predicted octanol–water partition coefficient (Wildman–Crippen LogP) is 2.82. The zero-order chi connectivity index (χ0) is 14.7. The number of benzene rings is 1. The summed E-state index contributed by atoms with van der Waals surface area (Å²) in [6.45, 7) is 3.96. The molecule has 0 aliphatic heterocycles. The molecular weight excluding hydrogens is 254 g/mol. The second kappa shape index (κ2) is 5.77. The summed E-state index contributed by atoms with van der Waals surface area (Å²) < 4.78 is 10.8. The Morgan fingerprint density at radius 2 is 1.80 bits per heavy atom. The van der Waals surface area contributed by atoms with Gasteiger partial charge >= 0.3 is 0 Å². The minimum atomic E-state index is 0.619. The monoisotopic (exact) mass is 273 g/mol. The quantitative estimate of drug-likeness (QED) is 0.928. The fourth-order valence-corrected chi connectivity index (χ4v) is 2.06. The van der Waals surface area contributed by atoms with E-state index in [9.17, 15) is 0 Å². The molecule has 0 saturated heterocycles. The van der Waals surface area contributed by atoms with Gasteiger partial charge in [0, 0.05) is 18.3 Å². The van der Waals surface area contributed by atoms with Gasteiger partial charge in [0.1, 0.15) is 5.82 Å². The molecule has 0 aliphatic carbocycles. The van der Waals surface area contributed by atoms with Crippen LogP contribution < -0.4 is 14.8 Å². The van der Waals surface area contributed by atoms with Gasteiger partial charge in [0.2, 0.25) is 0 Å². The van der Waals surface area contributed by atoms with Crippen LogP contribution in [0.1, 0.15) is 11.3 Å². The van der Waals surface area contributed by atoms with Crippen LogP contribution in [0.2, 0.25) is 0 Å². The Labute approximate surface area is 119 Å². The van der Waals surface area contributed by atoms with E-state index in [1.807, 2.05) is 39.1 Å². The van der Waals surface area contributed by atoms with E-state index in [4.69, 9.17) is 9.47 Å². The number of nitrogens with one attached hydrogen (secondary N) is 1. The first-order chi connectivity index (χ1) is 9.62. The Morgan fingerprint density at radius 1 is 1.05 bits per heavy atom. The van der Waals surface area contributed by atoms with Crippen LogP contribution in [-0.4, -0.2) is 31.2 Å². The Kier molecular flexibility index (Phi) is 4.08. The summed E-state index contributed by atoms with van der Waals surface area (Å²) in [5, 5.41) is 3.09. The molecule has 106 valence electrons. The van der Waals surface area contributed by atoms with Crippen molar-refractivity contribution in [2.45, 2.75) is 13.8 Å². The number of aromatic nitrogens is 2. The number of ether oxygens (including phenoxy) is 2. The second-order valence-corrected chi connectivity index (χ2v) is 4.40. The number of methoxy groups -OCH3 is 2. The van der Waals surface area contributed by atoms with Gasteiger partial charge in [0.25, 0.3) is 0 Å². The SMILES string of the molecule is CNc1nc(-c2cccc(OC)c2OC)nc(C)c1C. The Balaban J connectivity index is 2.65. The fraction of sp³-hybridized carbons (Fsp3) is 0.333. The van der Waals surface area contributed by atoms with Crippen molar-refractivity contribution in [1.29, 1.82) is 0 Å². The fourth-order valence-electron chi connectivity index (χ4n) is 2.06. The molecular formula is C15H19N3O2.